The van der Waals surface area contributed by atoms with Crippen molar-refractivity contribution < 1.29 is 2.80 Å². The van der Waals surface area contributed by atoms with E-state index in [9.17, 15) is 0 Å². The molecule has 0 nitrogen and oxygen atoms in total. The van der Waals surface area contributed by atoms with Crippen molar-refractivity contribution >= 4 is 47.0 Å². The summed E-state index contributed by atoms with van der Waals surface area (Å²) in [7, 11) is -2.00. The summed E-state index contributed by atoms with van der Waals surface area (Å²) in [6.45, 7) is 4.86. The minimum Gasteiger partial charge on any atom is -1.00 e. The Bertz CT molecular complexity index is 1410. The molecule has 0 radical (unpaired) electrons. The molecule has 0 aliphatic carbocycles. The molecular weight excluding hydrogens is 566 g/mol. The van der Waals surface area contributed by atoms with Crippen LogP contribution in [0.1, 0.15) is 36.4 Å². The van der Waals surface area contributed by atoms with Crippen LogP contribution in [0.25, 0.3) is 0 Å². The second kappa shape index (κ2) is 18.1. The summed E-state index contributed by atoms with van der Waals surface area (Å²) in [6.07, 6.45) is 3.39. The quantitative estimate of drug-likeness (QED) is 0.150. The number of hydrogen-bond donors (Lipinski definition) is 0. The molecule has 2 heteroatoms. The van der Waals surface area contributed by atoms with Gasteiger partial charge in [0.2, 0.25) is 0 Å². The van der Waals surface area contributed by atoms with E-state index in [0.29, 0.717) is 6.90 Å². The lowest BCUT2D eigenvalue weighted by molar-refractivity contribution is 1.09. The third-order valence-corrected chi connectivity index (χ3v) is 14.3. The van der Waals surface area contributed by atoms with E-state index in [1.807, 2.05) is 6.92 Å². The summed E-state index contributed by atoms with van der Waals surface area (Å²) in [5.41, 5.74) is 0. The zero-order valence-electron chi connectivity index (χ0n) is 28.0. The van der Waals surface area contributed by atoms with Gasteiger partial charge in [0.1, 0.15) is 23.2 Å². The molecule has 0 fully saturated rings. The van der Waals surface area contributed by atoms with Crippen molar-refractivity contribution in [1.29, 1.82) is 0 Å². The molecule has 224 valence electrons. The Kier molecular flexibility index (Phi) is 13.0. The third kappa shape index (κ3) is 8.64. The molecule has 0 aliphatic rings. The standard InChI is InChI=1S/C21H22P.C18H15P.C3H8.H/c1-2-18-22(19-12-6-3-7-13-19,20-14-8-4-9-15-20)21-16-10-5-11-17-21;1-4-10-16(11-5-1)19(17-12-6-2-7-13-17)18-14-8-3-9-15-18;1-3-2;/h3-17H,2,18H2,1H3;1-15H;3H2,1-2H3;/q+1;;;-1/i;;1T;1+2. The number of benzene rings is 6. The lowest BCUT2D eigenvalue weighted by Gasteiger charge is -2.27. The van der Waals surface area contributed by atoms with Crippen LogP contribution in [0.3, 0.4) is 0 Å². The SMILES string of the molecule is CCC[P+](c1ccccc1)(c1ccccc1)c1ccccc1.[3H-].[3H]CCC.c1ccc(P(c2ccccc2)c2ccccc2)cc1. The fraction of sp³-hybridized carbons (Fsp3) is 0.143. The van der Waals surface area contributed by atoms with Gasteiger partial charge < -0.3 is 1.43 Å². The van der Waals surface area contributed by atoms with E-state index in [2.05, 4.69) is 189 Å². The molecule has 0 saturated carbocycles. The maximum absolute atomic E-state index is 6.45. The average Bonchev–Trinajstić information content (AvgIpc) is 3.14. The van der Waals surface area contributed by atoms with Crippen molar-refractivity contribution in [2.75, 3.05) is 6.16 Å². The van der Waals surface area contributed by atoms with E-state index >= 15 is 0 Å². The third-order valence-electron chi connectivity index (χ3n) is 7.19. The number of rotatable bonds is 8. The lowest BCUT2D eigenvalue weighted by atomic mass is 10.4. The minimum absolute atomic E-state index is 0. The Labute approximate surface area is 270 Å². The van der Waals surface area contributed by atoms with Crippen LogP contribution in [0.5, 0.6) is 0 Å². The molecule has 0 spiro atoms. The van der Waals surface area contributed by atoms with Crippen molar-refractivity contribution in [2.45, 2.75) is 33.6 Å². The molecule has 0 amide bonds. The highest BCUT2D eigenvalue weighted by Crippen LogP contribution is 2.55. The molecule has 6 aromatic rings. The van der Waals surface area contributed by atoms with Gasteiger partial charge in [-0.15, -0.1) is 0 Å². The first-order valence-electron chi connectivity index (χ1n) is 16.2. The van der Waals surface area contributed by atoms with Crippen molar-refractivity contribution in [1.82, 2.24) is 0 Å². The fourth-order valence-electron chi connectivity index (χ4n) is 5.40. The Hall–Kier alpha value is -3.82. The van der Waals surface area contributed by atoms with Gasteiger partial charge >= 0.3 is 0 Å². The Morgan fingerprint density at radius 1 is 0.455 bits per heavy atom. The van der Waals surface area contributed by atoms with Crippen LogP contribution in [0.4, 0.5) is 0 Å². The summed E-state index contributed by atoms with van der Waals surface area (Å²) >= 11 is 0. The molecule has 0 N–H and O–H groups in total. The van der Waals surface area contributed by atoms with E-state index in [-0.39, 0.29) is 1.43 Å². The van der Waals surface area contributed by atoms with Gasteiger partial charge in [0.25, 0.3) is 0 Å². The zero-order valence-corrected chi connectivity index (χ0v) is 27.8. The van der Waals surface area contributed by atoms with Crippen LogP contribution in [0, 0.1) is 0 Å². The van der Waals surface area contributed by atoms with E-state index < -0.39 is 15.2 Å². The zero-order chi connectivity index (χ0) is 31.6. The van der Waals surface area contributed by atoms with Crippen molar-refractivity contribution in [2.24, 2.45) is 0 Å². The first kappa shape index (κ1) is 31.6. The Morgan fingerprint density at radius 2 is 0.705 bits per heavy atom. The van der Waals surface area contributed by atoms with Gasteiger partial charge in [-0.2, -0.15) is 0 Å². The second-order valence-corrected chi connectivity index (χ2v) is 16.2. The first-order chi connectivity index (χ1) is 22.2. The highest BCUT2D eigenvalue weighted by molar-refractivity contribution is 7.95. The fourth-order valence-corrected chi connectivity index (χ4v) is 12.1. The van der Waals surface area contributed by atoms with Crippen molar-refractivity contribution in [3.63, 3.8) is 0 Å². The summed E-state index contributed by atoms with van der Waals surface area (Å²) < 4.78 is 6.45. The van der Waals surface area contributed by atoms with Gasteiger partial charge in [0.05, 0.1) is 6.16 Å². The largest absolute Gasteiger partial charge is 1.00 e. The molecule has 6 aromatic carbocycles. The van der Waals surface area contributed by atoms with E-state index in [1.165, 1.54) is 44.4 Å². The molecule has 0 aliphatic heterocycles. The average molecular weight is 617 g/mol. The Balaban J connectivity index is 0.000000222. The van der Waals surface area contributed by atoms with Gasteiger partial charge in [-0.1, -0.05) is 173 Å². The van der Waals surface area contributed by atoms with Crippen LogP contribution < -0.4 is 31.8 Å². The predicted molar refractivity (Wildman–Crippen MR) is 203 cm³/mol. The van der Waals surface area contributed by atoms with Crippen LogP contribution >= 0.6 is 15.2 Å². The molecule has 0 unspecified atom stereocenters. The molecule has 0 saturated heterocycles. The summed E-state index contributed by atoms with van der Waals surface area (Å²) in [4.78, 5) is 0. The maximum atomic E-state index is 6.45. The molecule has 0 bridgehead atoms. The van der Waals surface area contributed by atoms with Gasteiger partial charge in [-0.25, -0.2) is 0 Å². The molecule has 0 atom stereocenters. The van der Waals surface area contributed by atoms with E-state index in [4.69, 9.17) is 1.37 Å². The first-order valence-corrected chi connectivity index (χ1v) is 18.9. The molecule has 44 heavy (non-hydrogen) atoms. The highest BCUT2D eigenvalue weighted by atomic mass is 31.2. The molecular formula is C42H46P2. The van der Waals surface area contributed by atoms with Crippen LogP contribution in [-0.2, 0) is 0 Å². The van der Waals surface area contributed by atoms with Gasteiger partial charge in [-0.05, 0) is 66.7 Å². The predicted octanol–water partition coefficient (Wildman–Crippen LogP) is 9.36. The van der Waals surface area contributed by atoms with Crippen LogP contribution in [-0.4, -0.2) is 6.16 Å². The maximum Gasteiger partial charge on any atom is 0.112 e. The highest BCUT2D eigenvalue weighted by Gasteiger charge is 2.44. The summed E-state index contributed by atoms with van der Waals surface area (Å²) in [5, 5.41) is 8.64. The minimum atomic E-state index is -1.55. The normalized spacial score (nSPS) is 10.9. The second-order valence-electron chi connectivity index (χ2n) is 10.4. The molecule has 0 heterocycles. The van der Waals surface area contributed by atoms with Crippen molar-refractivity contribution in [3.05, 3.63) is 182 Å². The van der Waals surface area contributed by atoms with Gasteiger partial charge in [0.15, 0.2) is 0 Å². The topological polar surface area (TPSA) is 0 Å². The lowest BCUT2D eigenvalue weighted by Crippen LogP contribution is -2.33. The summed E-state index contributed by atoms with van der Waals surface area (Å²) in [5.74, 6) is 0. The Morgan fingerprint density at radius 3 is 0.932 bits per heavy atom. The smallest absolute Gasteiger partial charge is 0.112 e. The van der Waals surface area contributed by atoms with Crippen LogP contribution in [0.15, 0.2) is 182 Å². The van der Waals surface area contributed by atoms with Gasteiger partial charge in [-0.3, -0.25) is 0 Å². The summed E-state index contributed by atoms with van der Waals surface area (Å²) in [6, 6.07) is 65.5. The number of hydrogen-bond acceptors (Lipinski definition) is 0. The monoisotopic (exact) mass is 616 g/mol. The molecule has 0 aromatic heterocycles. The van der Waals surface area contributed by atoms with Gasteiger partial charge in [0, 0.05) is 1.37 Å². The van der Waals surface area contributed by atoms with Crippen LogP contribution in [0.2, 0.25) is 0 Å². The van der Waals surface area contributed by atoms with Crippen molar-refractivity contribution in [3.8, 4) is 0 Å². The van der Waals surface area contributed by atoms with E-state index in [0.717, 1.165) is 6.42 Å². The molecule has 6 rings (SSSR count). The van der Waals surface area contributed by atoms with E-state index in [1.54, 1.807) is 0 Å².